The van der Waals surface area contributed by atoms with Gasteiger partial charge in [0.15, 0.2) is 0 Å². The molecule has 0 radical (unpaired) electrons. The molecule has 0 aromatic carbocycles. The third-order valence-electron chi connectivity index (χ3n) is 3.24. The highest BCUT2D eigenvalue weighted by atomic mass is 127. The van der Waals surface area contributed by atoms with E-state index in [4.69, 9.17) is 0 Å². The summed E-state index contributed by atoms with van der Waals surface area (Å²) in [7, 11) is 0. The topological polar surface area (TPSA) is 29.1 Å². The minimum atomic E-state index is -0.0372. The van der Waals surface area contributed by atoms with Crippen LogP contribution in [-0.2, 0) is 0 Å². The number of amides is 1. The Hall–Kier alpha value is -0.100. The van der Waals surface area contributed by atoms with Crippen LogP contribution in [0.4, 0.5) is 0 Å². The van der Waals surface area contributed by atoms with E-state index in [0.717, 1.165) is 27.7 Å². The standard InChI is InChI=1S/C12H18INOS/c1-4-12(5-2,6-3)14-11(15)9-7-10(13)16-8-9/h7-8H,4-6H2,1-3H3,(H,14,15). The molecule has 1 aromatic heterocycles. The fourth-order valence-electron chi connectivity index (χ4n) is 1.76. The van der Waals surface area contributed by atoms with Gasteiger partial charge in [-0.1, -0.05) is 20.8 Å². The lowest BCUT2D eigenvalue weighted by Crippen LogP contribution is -2.47. The minimum Gasteiger partial charge on any atom is -0.347 e. The van der Waals surface area contributed by atoms with Crippen molar-refractivity contribution >= 4 is 39.8 Å². The average molecular weight is 351 g/mol. The summed E-state index contributed by atoms with van der Waals surface area (Å²) in [5.41, 5.74) is 0.749. The van der Waals surface area contributed by atoms with Crippen LogP contribution < -0.4 is 5.32 Å². The van der Waals surface area contributed by atoms with Gasteiger partial charge in [0.2, 0.25) is 0 Å². The molecular weight excluding hydrogens is 333 g/mol. The lowest BCUT2D eigenvalue weighted by atomic mass is 9.89. The van der Waals surface area contributed by atoms with Gasteiger partial charge in [-0.05, 0) is 47.9 Å². The normalized spacial score (nSPS) is 11.5. The van der Waals surface area contributed by atoms with Crippen molar-refractivity contribution in [3.05, 3.63) is 19.9 Å². The second-order valence-electron chi connectivity index (χ2n) is 3.93. The number of carbonyl (C=O) groups is 1. The highest BCUT2D eigenvalue weighted by Crippen LogP contribution is 2.22. The zero-order chi connectivity index (χ0) is 12.2. The summed E-state index contributed by atoms with van der Waals surface area (Å²) < 4.78 is 1.15. The van der Waals surface area contributed by atoms with E-state index in [-0.39, 0.29) is 11.4 Å². The smallest absolute Gasteiger partial charge is 0.252 e. The molecule has 1 heterocycles. The Kier molecular flexibility index (Phi) is 5.24. The van der Waals surface area contributed by atoms with Gasteiger partial charge in [0, 0.05) is 10.9 Å². The second-order valence-corrected chi connectivity index (χ2v) is 6.74. The first-order chi connectivity index (χ1) is 7.56. The lowest BCUT2D eigenvalue weighted by Gasteiger charge is -2.31. The van der Waals surface area contributed by atoms with Crippen molar-refractivity contribution in [3.8, 4) is 0 Å². The number of carbonyl (C=O) groups excluding carboxylic acids is 1. The van der Waals surface area contributed by atoms with Crippen molar-refractivity contribution in [1.29, 1.82) is 0 Å². The maximum Gasteiger partial charge on any atom is 0.252 e. The van der Waals surface area contributed by atoms with Crippen LogP contribution in [0.2, 0.25) is 0 Å². The van der Waals surface area contributed by atoms with E-state index in [0.29, 0.717) is 0 Å². The first-order valence-electron chi connectivity index (χ1n) is 5.63. The Morgan fingerprint density at radius 2 is 1.94 bits per heavy atom. The molecule has 0 unspecified atom stereocenters. The summed E-state index contributed by atoms with van der Waals surface area (Å²) in [5.74, 6) is 0.0599. The average Bonchev–Trinajstić information content (AvgIpc) is 2.73. The van der Waals surface area contributed by atoms with Gasteiger partial charge in [-0.2, -0.15) is 0 Å². The highest BCUT2D eigenvalue weighted by molar-refractivity contribution is 14.1. The van der Waals surface area contributed by atoms with E-state index < -0.39 is 0 Å². The molecule has 16 heavy (non-hydrogen) atoms. The number of hydrogen-bond acceptors (Lipinski definition) is 2. The number of nitrogens with one attached hydrogen (secondary N) is 1. The Morgan fingerprint density at radius 3 is 2.31 bits per heavy atom. The summed E-state index contributed by atoms with van der Waals surface area (Å²) >= 11 is 3.85. The maximum atomic E-state index is 12.0. The van der Waals surface area contributed by atoms with Gasteiger partial charge in [-0.15, -0.1) is 11.3 Å². The largest absolute Gasteiger partial charge is 0.347 e. The molecule has 1 N–H and O–H groups in total. The quantitative estimate of drug-likeness (QED) is 0.797. The van der Waals surface area contributed by atoms with Crippen LogP contribution >= 0.6 is 33.9 Å². The SMILES string of the molecule is CCC(CC)(CC)NC(=O)c1csc(I)c1. The van der Waals surface area contributed by atoms with Gasteiger partial charge in [0.1, 0.15) is 0 Å². The van der Waals surface area contributed by atoms with Crippen LogP contribution in [0, 0.1) is 2.88 Å². The van der Waals surface area contributed by atoms with Crippen LogP contribution in [0.15, 0.2) is 11.4 Å². The molecule has 1 aromatic rings. The molecule has 0 saturated carbocycles. The van der Waals surface area contributed by atoms with Crippen LogP contribution in [0.1, 0.15) is 50.4 Å². The van der Waals surface area contributed by atoms with Crippen molar-refractivity contribution in [3.63, 3.8) is 0 Å². The number of thiophene rings is 1. The van der Waals surface area contributed by atoms with Gasteiger partial charge >= 0.3 is 0 Å². The fraction of sp³-hybridized carbons (Fsp3) is 0.583. The van der Waals surface area contributed by atoms with Crippen LogP contribution in [0.25, 0.3) is 0 Å². The van der Waals surface area contributed by atoms with Crippen molar-refractivity contribution < 1.29 is 4.79 Å². The lowest BCUT2D eigenvalue weighted by molar-refractivity contribution is 0.0888. The number of halogens is 1. The molecule has 0 aliphatic carbocycles. The maximum absolute atomic E-state index is 12.0. The summed E-state index contributed by atoms with van der Waals surface area (Å²) in [6.07, 6.45) is 2.94. The van der Waals surface area contributed by atoms with Crippen LogP contribution in [0.3, 0.4) is 0 Å². The predicted molar refractivity (Wildman–Crippen MR) is 78.1 cm³/mol. The van der Waals surface area contributed by atoms with E-state index in [1.807, 2.05) is 11.4 Å². The molecule has 4 heteroatoms. The molecule has 90 valence electrons. The van der Waals surface area contributed by atoms with E-state index in [9.17, 15) is 4.79 Å². The number of rotatable bonds is 5. The van der Waals surface area contributed by atoms with Crippen molar-refractivity contribution in [2.45, 2.75) is 45.6 Å². The van der Waals surface area contributed by atoms with Gasteiger partial charge in [-0.25, -0.2) is 0 Å². The summed E-state index contributed by atoms with van der Waals surface area (Å²) in [6.45, 7) is 6.39. The molecular formula is C12H18INOS. The Labute approximate surface area is 115 Å². The minimum absolute atomic E-state index is 0.0372. The van der Waals surface area contributed by atoms with Crippen LogP contribution in [-0.4, -0.2) is 11.4 Å². The second kappa shape index (κ2) is 6.00. The van der Waals surface area contributed by atoms with Crippen molar-refractivity contribution in [1.82, 2.24) is 5.32 Å². The third kappa shape index (κ3) is 3.20. The number of hydrogen-bond donors (Lipinski definition) is 1. The Bertz CT molecular complexity index is 349. The highest BCUT2D eigenvalue weighted by Gasteiger charge is 2.26. The van der Waals surface area contributed by atoms with Crippen molar-refractivity contribution in [2.24, 2.45) is 0 Å². The van der Waals surface area contributed by atoms with Gasteiger partial charge in [0.25, 0.3) is 5.91 Å². The van der Waals surface area contributed by atoms with Gasteiger partial charge in [-0.3, -0.25) is 4.79 Å². The van der Waals surface area contributed by atoms with Crippen molar-refractivity contribution in [2.75, 3.05) is 0 Å². The molecule has 0 saturated heterocycles. The van der Waals surface area contributed by atoms with E-state index in [1.165, 1.54) is 0 Å². The molecule has 0 aliphatic rings. The van der Waals surface area contributed by atoms with Gasteiger partial charge in [0.05, 0.1) is 8.45 Å². The van der Waals surface area contributed by atoms with Gasteiger partial charge < -0.3 is 5.32 Å². The third-order valence-corrected chi connectivity index (χ3v) is 5.03. The summed E-state index contributed by atoms with van der Waals surface area (Å²) in [6, 6.07) is 1.94. The predicted octanol–water partition coefficient (Wildman–Crippen LogP) is 4.05. The molecule has 1 amide bonds. The zero-order valence-corrected chi connectivity index (χ0v) is 12.9. The Morgan fingerprint density at radius 1 is 1.38 bits per heavy atom. The zero-order valence-electron chi connectivity index (χ0n) is 9.97. The molecule has 2 nitrogen and oxygen atoms in total. The molecule has 0 spiro atoms. The van der Waals surface area contributed by atoms with E-state index in [2.05, 4.69) is 48.7 Å². The monoisotopic (exact) mass is 351 g/mol. The summed E-state index contributed by atoms with van der Waals surface area (Å²) in [5, 5.41) is 5.09. The first-order valence-corrected chi connectivity index (χ1v) is 7.59. The molecule has 0 fully saturated rings. The fourth-order valence-corrected chi connectivity index (χ4v) is 3.08. The molecule has 0 bridgehead atoms. The van der Waals surface area contributed by atoms with E-state index >= 15 is 0 Å². The molecule has 0 atom stereocenters. The molecule has 1 rings (SSSR count). The molecule has 0 aliphatic heterocycles. The van der Waals surface area contributed by atoms with E-state index in [1.54, 1.807) is 11.3 Å². The summed E-state index contributed by atoms with van der Waals surface area (Å²) in [4.78, 5) is 12.0. The Balaban J connectivity index is 2.76. The van der Waals surface area contributed by atoms with Crippen LogP contribution in [0.5, 0.6) is 0 Å². The first kappa shape index (κ1) is 14.0.